The fourth-order valence-electron chi connectivity index (χ4n) is 4.99. The number of hydrogen-bond acceptors (Lipinski definition) is 5. The fourth-order valence-corrected chi connectivity index (χ4v) is 4.99. The number of halogens is 2. The summed E-state index contributed by atoms with van der Waals surface area (Å²) in [6, 6.07) is 2.48. The Balaban J connectivity index is 1.54. The first kappa shape index (κ1) is 22.5. The molecule has 8 nitrogen and oxygen atoms in total. The van der Waals surface area contributed by atoms with Gasteiger partial charge in [0.25, 0.3) is 11.8 Å². The van der Waals surface area contributed by atoms with E-state index in [1.807, 2.05) is 6.92 Å². The van der Waals surface area contributed by atoms with Crippen molar-refractivity contribution >= 4 is 11.8 Å². The minimum atomic E-state index is -0.927. The third-order valence-electron chi connectivity index (χ3n) is 6.96. The van der Waals surface area contributed by atoms with Gasteiger partial charge in [0.1, 0.15) is 17.2 Å². The van der Waals surface area contributed by atoms with Crippen molar-refractivity contribution in [3.63, 3.8) is 0 Å². The van der Waals surface area contributed by atoms with Crippen molar-refractivity contribution in [2.24, 2.45) is 5.92 Å². The zero-order valence-electron chi connectivity index (χ0n) is 18.7. The zero-order valence-corrected chi connectivity index (χ0v) is 18.7. The molecule has 2 atom stereocenters. The molecule has 0 saturated heterocycles. The molecule has 180 valence electrons. The second kappa shape index (κ2) is 8.50. The number of likely N-dealkylation sites (N-methyl/N-ethyl adjacent to an activating group) is 1. The highest BCUT2D eigenvalue weighted by Gasteiger charge is 2.45. The van der Waals surface area contributed by atoms with Crippen molar-refractivity contribution < 1.29 is 23.5 Å². The van der Waals surface area contributed by atoms with Crippen LogP contribution in [0.5, 0.6) is 5.75 Å². The van der Waals surface area contributed by atoms with Gasteiger partial charge in [0.15, 0.2) is 11.4 Å². The van der Waals surface area contributed by atoms with Crippen molar-refractivity contribution in [2.75, 3.05) is 19.6 Å². The van der Waals surface area contributed by atoms with Crippen molar-refractivity contribution in [3.8, 4) is 5.75 Å². The summed E-state index contributed by atoms with van der Waals surface area (Å²) in [5.74, 6) is -2.98. The van der Waals surface area contributed by atoms with Gasteiger partial charge in [-0.05, 0) is 44.7 Å². The van der Waals surface area contributed by atoms with E-state index in [9.17, 15) is 28.3 Å². The van der Waals surface area contributed by atoms with E-state index in [4.69, 9.17) is 0 Å². The normalized spacial score (nSPS) is 21.0. The molecule has 1 saturated carbocycles. The minimum Gasteiger partial charge on any atom is -0.503 e. The zero-order chi connectivity index (χ0) is 24.1. The van der Waals surface area contributed by atoms with Crippen LogP contribution < -0.4 is 16.1 Å². The molecule has 1 aromatic carbocycles. The number of amides is 2. The Hall–Kier alpha value is -3.27. The van der Waals surface area contributed by atoms with Gasteiger partial charge < -0.3 is 25.2 Å². The Morgan fingerprint density at radius 1 is 1.24 bits per heavy atom. The van der Waals surface area contributed by atoms with Crippen LogP contribution in [-0.2, 0) is 6.54 Å². The monoisotopic (exact) mass is 472 g/mol. The largest absolute Gasteiger partial charge is 0.503 e. The van der Waals surface area contributed by atoms with Crippen LogP contribution >= 0.6 is 0 Å². The van der Waals surface area contributed by atoms with E-state index in [1.54, 1.807) is 9.47 Å². The van der Waals surface area contributed by atoms with Gasteiger partial charge in [-0.1, -0.05) is 6.07 Å². The van der Waals surface area contributed by atoms with Gasteiger partial charge >= 0.3 is 0 Å². The standard InChI is InChI=1S/C24H26F2N4O4/c1-2-29-11-15-8-17(27-9-12-3-4-12)19-18(21(31)22(32)20(24(29)34)30(15)19)23(33)28-10-13-5-6-14(25)7-16(13)26/h5-7,12,15,17,27,32H,2-4,8-11H2,1H3,(H,28,33)/t15-,17+/m1/s1. The quantitative estimate of drug-likeness (QED) is 0.574. The van der Waals surface area contributed by atoms with Crippen LogP contribution in [0.2, 0.25) is 0 Å². The van der Waals surface area contributed by atoms with Crippen molar-refractivity contribution in [1.29, 1.82) is 0 Å². The van der Waals surface area contributed by atoms with Crippen molar-refractivity contribution in [3.05, 3.63) is 62.6 Å². The Morgan fingerprint density at radius 2 is 2.00 bits per heavy atom. The molecule has 3 heterocycles. The molecule has 2 aliphatic heterocycles. The lowest BCUT2D eigenvalue weighted by Crippen LogP contribution is -2.44. The maximum absolute atomic E-state index is 14.0. The summed E-state index contributed by atoms with van der Waals surface area (Å²) in [5, 5.41) is 16.7. The number of aromatic nitrogens is 1. The first-order valence-electron chi connectivity index (χ1n) is 11.6. The van der Waals surface area contributed by atoms with Crippen LogP contribution in [0.1, 0.15) is 70.4 Å². The first-order chi connectivity index (χ1) is 16.3. The lowest BCUT2D eigenvalue weighted by molar-refractivity contribution is 0.0675. The topological polar surface area (TPSA) is 104 Å². The van der Waals surface area contributed by atoms with Crippen LogP contribution in [0.4, 0.5) is 8.78 Å². The summed E-state index contributed by atoms with van der Waals surface area (Å²) in [4.78, 5) is 41.0. The summed E-state index contributed by atoms with van der Waals surface area (Å²) in [6.07, 6.45) is 2.81. The number of pyridine rings is 1. The highest BCUT2D eigenvalue weighted by molar-refractivity contribution is 6.00. The van der Waals surface area contributed by atoms with E-state index in [2.05, 4.69) is 10.6 Å². The van der Waals surface area contributed by atoms with E-state index in [1.165, 1.54) is 6.07 Å². The van der Waals surface area contributed by atoms with Crippen LogP contribution in [-0.4, -0.2) is 46.0 Å². The SMILES string of the molecule is CCN1C[C@H]2C[C@H](NCC3CC3)c3c(C(=O)NCc4ccc(F)cc4F)c(=O)c(O)c(n32)C1=O. The van der Waals surface area contributed by atoms with Gasteiger partial charge in [0.2, 0.25) is 5.43 Å². The van der Waals surface area contributed by atoms with Gasteiger partial charge in [-0.2, -0.15) is 0 Å². The van der Waals surface area contributed by atoms with E-state index < -0.39 is 34.6 Å². The Morgan fingerprint density at radius 3 is 2.68 bits per heavy atom. The van der Waals surface area contributed by atoms with E-state index in [-0.39, 0.29) is 35.4 Å². The maximum atomic E-state index is 14.0. The third-order valence-corrected chi connectivity index (χ3v) is 6.96. The van der Waals surface area contributed by atoms with Gasteiger partial charge in [0, 0.05) is 31.3 Å². The first-order valence-corrected chi connectivity index (χ1v) is 11.6. The van der Waals surface area contributed by atoms with Gasteiger partial charge in [0.05, 0.1) is 17.8 Å². The van der Waals surface area contributed by atoms with Crippen LogP contribution in [0.25, 0.3) is 0 Å². The minimum absolute atomic E-state index is 0.0588. The molecule has 2 aromatic rings. The summed E-state index contributed by atoms with van der Waals surface area (Å²) in [7, 11) is 0. The molecule has 5 rings (SSSR count). The molecule has 3 aliphatic rings. The third kappa shape index (κ3) is 3.75. The molecule has 0 bridgehead atoms. The average molecular weight is 472 g/mol. The van der Waals surface area contributed by atoms with E-state index in [0.29, 0.717) is 37.2 Å². The molecule has 0 spiro atoms. The van der Waals surface area contributed by atoms with Gasteiger partial charge in [-0.25, -0.2) is 8.78 Å². The van der Waals surface area contributed by atoms with Crippen LogP contribution in [0.15, 0.2) is 23.0 Å². The van der Waals surface area contributed by atoms with Crippen molar-refractivity contribution in [1.82, 2.24) is 20.1 Å². The Labute approximate surface area is 194 Å². The fraction of sp³-hybridized carbons (Fsp3) is 0.458. The summed E-state index contributed by atoms with van der Waals surface area (Å²) in [6.45, 7) is 3.15. The molecule has 1 fully saturated rings. The molecular weight excluding hydrogens is 446 g/mol. The number of benzene rings is 1. The lowest BCUT2D eigenvalue weighted by Gasteiger charge is -2.33. The number of hydrogen-bond donors (Lipinski definition) is 3. The predicted octanol–water partition coefficient (Wildman–Crippen LogP) is 2.22. The highest BCUT2D eigenvalue weighted by Crippen LogP contribution is 2.42. The molecule has 1 aliphatic carbocycles. The molecule has 2 amide bonds. The molecule has 3 N–H and O–H groups in total. The molecular formula is C24H26F2N4O4. The Bertz CT molecular complexity index is 1240. The Kier molecular flexibility index (Phi) is 5.63. The highest BCUT2D eigenvalue weighted by atomic mass is 19.1. The molecule has 0 radical (unpaired) electrons. The summed E-state index contributed by atoms with van der Waals surface area (Å²) in [5.41, 5.74) is -0.830. The van der Waals surface area contributed by atoms with Gasteiger partial charge in [-0.15, -0.1) is 0 Å². The summed E-state index contributed by atoms with van der Waals surface area (Å²) >= 11 is 0. The van der Waals surface area contributed by atoms with Gasteiger partial charge in [-0.3, -0.25) is 14.4 Å². The molecule has 34 heavy (non-hydrogen) atoms. The summed E-state index contributed by atoms with van der Waals surface area (Å²) < 4.78 is 28.9. The van der Waals surface area contributed by atoms with Crippen LogP contribution in [0, 0.1) is 17.6 Å². The molecule has 1 aromatic heterocycles. The maximum Gasteiger partial charge on any atom is 0.274 e. The van der Waals surface area contributed by atoms with E-state index >= 15 is 0 Å². The number of aromatic hydroxyl groups is 1. The second-order valence-corrected chi connectivity index (χ2v) is 9.21. The number of rotatable bonds is 7. The number of nitrogens with one attached hydrogen (secondary N) is 2. The smallest absolute Gasteiger partial charge is 0.274 e. The predicted molar refractivity (Wildman–Crippen MR) is 119 cm³/mol. The van der Waals surface area contributed by atoms with Crippen molar-refractivity contribution in [2.45, 2.75) is 44.8 Å². The lowest BCUT2D eigenvalue weighted by atomic mass is 10.0. The van der Waals surface area contributed by atoms with E-state index in [0.717, 1.165) is 25.5 Å². The number of carbonyl (C=O) groups is 2. The molecule has 10 heteroatoms. The van der Waals surface area contributed by atoms with Crippen LogP contribution in [0.3, 0.4) is 0 Å². The second-order valence-electron chi connectivity index (χ2n) is 9.21. The average Bonchev–Trinajstić information content (AvgIpc) is 3.57. The molecule has 0 unspecified atom stereocenters. The number of carbonyl (C=O) groups excluding carboxylic acids is 2. The number of nitrogens with zero attached hydrogens (tertiary/aromatic N) is 2.